The largest absolute Gasteiger partial charge is 0.345 e. The zero-order chi connectivity index (χ0) is 20.6. The van der Waals surface area contributed by atoms with Gasteiger partial charge in [0.05, 0.1) is 6.42 Å². The Hall–Kier alpha value is -2.77. The molecular formula is C21H29N5O3. The second-order valence-corrected chi connectivity index (χ2v) is 7.75. The summed E-state index contributed by atoms with van der Waals surface area (Å²) in [7, 11) is 1.84. The average Bonchev–Trinajstić information content (AvgIpc) is 3.15. The molecule has 8 nitrogen and oxygen atoms in total. The van der Waals surface area contributed by atoms with Crippen molar-refractivity contribution >= 4 is 11.8 Å². The van der Waals surface area contributed by atoms with E-state index >= 15 is 0 Å². The van der Waals surface area contributed by atoms with Crippen molar-refractivity contribution in [2.24, 2.45) is 5.92 Å². The van der Waals surface area contributed by atoms with Crippen LogP contribution in [0.25, 0.3) is 0 Å². The lowest BCUT2D eigenvalue weighted by Crippen LogP contribution is -2.41. The zero-order valence-electron chi connectivity index (χ0n) is 17.2. The first-order valence-electron chi connectivity index (χ1n) is 10.2. The Morgan fingerprint density at radius 3 is 2.90 bits per heavy atom. The van der Waals surface area contributed by atoms with Gasteiger partial charge in [-0.2, -0.15) is 0 Å². The normalized spacial score (nSPS) is 16.6. The molecule has 3 heterocycles. The summed E-state index contributed by atoms with van der Waals surface area (Å²) < 4.78 is 4.67. The average molecular weight is 399 g/mol. The lowest BCUT2D eigenvalue weighted by molar-refractivity contribution is -0.132. The molecule has 1 saturated heterocycles. The number of aryl methyl sites for hydroxylation is 1. The second-order valence-electron chi connectivity index (χ2n) is 7.75. The topological polar surface area (TPSA) is 92.4 Å². The summed E-state index contributed by atoms with van der Waals surface area (Å²) in [5.41, 5.74) is 2.25. The van der Waals surface area contributed by atoms with Gasteiger partial charge in [0.25, 0.3) is 0 Å². The van der Waals surface area contributed by atoms with E-state index in [4.69, 9.17) is 0 Å². The third-order valence-electron chi connectivity index (χ3n) is 5.56. The minimum atomic E-state index is 0.0484. The first-order chi connectivity index (χ1) is 14.0. The maximum Gasteiger partial charge on any atom is 0.228 e. The number of likely N-dealkylation sites (N-methyl/N-ethyl adjacent to an activating group) is 1. The highest BCUT2D eigenvalue weighted by Gasteiger charge is 2.25. The highest BCUT2D eigenvalue weighted by atomic mass is 16.6. The number of likely N-dealkylation sites (tertiary alicyclic amines) is 1. The van der Waals surface area contributed by atoms with E-state index in [1.54, 1.807) is 18.0 Å². The summed E-state index contributed by atoms with van der Waals surface area (Å²) in [5, 5.41) is 7.53. The van der Waals surface area contributed by atoms with Crippen LogP contribution in [-0.4, -0.2) is 63.6 Å². The zero-order valence-corrected chi connectivity index (χ0v) is 17.2. The number of piperidine rings is 1. The fourth-order valence-electron chi connectivity index (χ4n) is 3.66. The molecule has 0 aliphatic carbocycles. The van der Waals surface area contributed by atoms with Crippen LogP contribution in [0.4, 0.5) is 0 Å². The van der Waals surface area contributed by atoms with Crippen molar-refractivity contribution in [2.75, 3.05) is 26.7 Å². The molecular weight excluding hydrogens is 370 g/mol. The molecule has 1 aliphatic heterocycles. The quantitative estimate of drug-likeness (QED) is 0.674. The van der Waals surface area contributed by atoms with Crippen molar-refractivity contribution < 1.29 is 14.2 Å². The Labute approximate surface area is 171 Å². The van der Waals surface area contributed by atoms with Crippen LogP contribution >= 0.6 is 0 Å². The fourth-order valence-corrected chi connectivity index (χ4v) is 3.66. The van der Waals surface area contributed by atoms with E-state index in [2.05, 4.69) is 19.9 Å². The van der Waals surface area contributed by atoms with Gasteiger partial charge in [-0.1, -0.05) is 16.4 Å². The molecule has 1 fully saturated rings. The smallest absolute Gasteiger partial charge is 0.228 e. The van der Waals surface area contributed by atoms with Gasteiger partial charge in [0.1, 0.15) is 11.4 Å². The van der Waals surface area contributed by atoms with Gasteiger partial charge < -0.3 is 9.80 Å². The Morgan fingerprint density at radius 1 is 1.31 bits per heavy atom. The molecule has 2 aromatic rings. The number of aromatic nitrogens is 3. The van der Waals surface area contributed by atoms with E-state index in [1.807, 2.05) is 30.1 Å². The van der Waals surface area contributed by atoms with E-state index in [0.29, 0.717) is 36.8 Å². The van der Waals surface area contributed by atoms with Crippen molar-refractivity contribution in [3.8, 4) is 0 Å². The summed E-state index contributed by atoms with van der Waals surface area (Å²) in [6.45, 7) is 3.91. The van der Waals surface area contributed by atoms with E-state index in [1.165, 1.54) is 0 Å². The molecule has 3 rings (SSSR count). The number of hydrogen-bond donors (Lipinski definition) is 0. The van der Waals surface area contributed by atoms with Crippen LogP contribution in [0, 0.1) is 12.8 Å². The lowest BCUT2D eigenvalue weighted by atomic mass is 9.93. The lowest BCUT2D eigenvalue weighted by Gasteiger charge is -2.33. The number of nitrogens with zero attached hydrogens (tertiary/aromatic N) is 5. The van der Waals surface area contributed by atoms with Crippen LogP contribution in [-0.2, 0) is 22.4 Å². The highest BCUT2D eigenvalue weighted by Crippen LogP contribution is 2.22. The van der Waals surface area contributed by atoms with Crippen molar-refractivity contribution in [3.05, 3.63) is 41.5 Å². The molecule has 0 saturated carbocycles. The monoisotopic (exact) mass is 399 g/mol. The van der Waals surface area contributed by atoms with Crippen molar-refractivity contribution in [1.29, 1.82) is 0 Å². The Bertz CT molecular complexity index is 808. The molecule has 0 N–H and O–H groups in total. The fraction of sp³-hybridized carbons (Fsp3) is 0.571. The number of rotatable bonds is 8. The minimum absolute atomic E-state index is 0.0484. The molecule has 8 heteroatoms. The second kappa shape index (κ2) is 10.1. The maximum absolute atomic E-state index is 12.6. The Morgan fingerprint density at radius 2 is 2.17 bits per heavy atom. The molecule has 0 spiro atoms. The van der Waals surface area contributed by atoms with Crippen LogP contribution in [0.5, 0.6) is 0 Å². The predicted molar refractivity (Wildman–Crippen MR) is 107 cm³/mol. The molecule has 2 amide bonds. The van der Waals surface area contributed by atoms with Gasteiger partial charge in [-0.3, -0.25) is 14.6 Å². The summed E-state index contributed by atoms with van der Waals surface area (Å²) in [4.78, 5) is 33.0. The standard InChI is InChI=1S/C21H29N5O3/c1-16-19(24-29-23-16)14-21(28)26-12-5-6-17(15-26)8-9-20(27)25(2)13-10-18-7-3-4-11-22-18/h3-4,7,11,17H,5-6,8-10,12-15H2,1-2H3/t17-/m0/s1. The van der Waals surface area contributed by atoms with Crippen molar-refractivity contribution in [1.82, 2.24) is 25.1 Å². The molecule has 0 unspecified atom stereocenters. The van der Waals surface area contributed by atoms with Crippen LogP contribution in [0.2, 0.25) is 0 Å². The molecule has 0 radical (unpaired) electrons. The van der Waals surface area contributed by atoms with Gasteiger partial charge in [0.15, 0.2) is 0 Å². The summed E-state index contributed by atoms with van der Waals surface area (Å²) in [6, 6.07) is 5.82. The Kier molecular flexibility index (Phi) is 7.32. The summed E-state index contributed by atoms with van der Waals surface area (Å²) >= 11 is 0. The van der Waals surface area contributed by atoms with Crippen LogP contribution in [0.15, 0.2) is 29.0 Å². The van der Waals surface area contributed by atoms with Gasteiger partial charge in [-0.15, -0.1) is 0 Å². The van der Waals surface area contributed by atoms with Crippen LogP contribution in [0.1, 0.15) is 42.8 Å². The summed E-state index contributed by atoms with van der Waals surface area (Å²) in [5.74, 6) is 0.554. The van der Waals surface area contributed by atoms with Gasteiger partial charge in [0.2, 0.25) is 11.8 Å². The molecule has 1 atom stereocenters. The van der Waals surface area contributed by atoms with E-state index in [-0.39, 0.29) is 18.2 Å². The summed E-state index contributed by atoms with van der Waals surface area (Å²) in [6.07, 6.45) is 6.09. The number of pyridine rings is 1. The van der Waals surface area contributed by atoms with Gasteiger partial charge >= 0.3 is 0 Å². The first kappa shape index (κ1) is 21.0. The molecule has 2 aromatic heterocycles. The van der Waals surface area contributed by atoms with Gasteiger partial charge in [-0.25, -0.2) is 4.63 Å². The first-order valence-corrected chi connectivity index (χ1v) is 10.2. The number of hydrogen-bond acceptors (Lipinski definition) is 6. The van der Waals surface area contributed by atoms with Crippen molar-refractivity contribution in [2.45, 2.75) is 45.4 Å². The maximum atomic E-state index is 12.6. The van der Waals surface area contributed by atoms with E-state index in [9.17, 15) is 9.59 Å². The van der Waals surface area contributed by atoms with E-state index in [0.717, 1.165) is 37.9 Å². The number of carbonyl (C=O) groups excluding carboxylic acids is 2. The van der Waals surface area contributed by atoms with Crippen LogP contribution in [0.3, 0.4) is 0 Å². The molecule has 0 bridgehead atoms. The highest BCUT2D eigenvalue weighted by molar-refractivity contribution is 5.78. The molecule has 29 heavy (non-hydrogen) atoms. The SMILES string of the molecule is Cc1nonc1CC(=O)N1CCC[C@@H](CCC(=O)N(C)CCc2ccccn2)C1. The van der Waals surface area contributed by atoms with Gasteiger partial charge in [-0.05, 0) is 44.2 Å². The van der Waals surface area contributed by atoms with Crippen LogP contribution < -0.4 is 0 Å². The third-order valence-corrected chi connectivity index (χ3v) is 5.56. The number of amides is 2. The van der Waals surface area contributed by atoms with Crippen molar-refractivity contribution in [3.63, 3.8) is 0 Å². The van der Waals surface area contributed by atoms with E-state index < -0.39 is 0 Å². The molecule has 0 aromatic carbocycles. The van der Waals surface area contributed by atoms with Gasteiger partial charge in [0, 0.05) is 51.4 Å². The molecule has 1 aliphatic rings. The Balaban J connectivity index is 1.41. The predicted octanol–water partition coefficient (Wildman–Crippen LogP) is 2.04. The number of carbonyl (C=O) groups is 2. The third kappa shape index (κ3) is 6.10. The minimum Gasteiger partial charge on any atom is -0.345 e. The molecule has 156 valence electrons.